The summed E-state index contributed by atoms with van der Waals surface area (Å²) < 4.78 is -0.496. The van der Waals surface area contributed by atoms with E-state index in [1.165, 1.54) is 83.5 Å². The molecule has 0 saturated heterocycles. The molecule has 0 unspecified atom stereocenters. The van der Waals surface area contributed by atoms with Crippen molar-refractivity contribution in [2.45, 2.75) is 116 Å². The predicted molar refractivity (Wildman–Crippen MR) is 133 cm³/mol. The Kier molecular flexibility index (Phi) is 20.4. The third-order valence-corrected chi connectivity index (χ3v) is 6.39. The molecule has 2 N–H and O–H groups in total. The molecule has 0 fully saturated rings. The maximum absolute atomic E-state index is 11.2. The Balaban J connectivity index is 3.71. The van der Waals surface area contributed by atoms with Gasteiger partial charge in [-0.3, -0.25) is 0 Å². The second-order valence-electron chi connectivity index (χ2n) is 9.71. The normalized spacial score (nSPS) is 11.8. The Hall–Kier alpha value is -1.89. The molecule has 7 heteroatoms. The largest absolute Gasteiger partial charge is 0.544 e. The number of quaternary nitrogens is 1. The fourth-order valence-corrected chi connectivity index (χ4v) is 4.60. The average Bonchev–Trinajstić information content (AvgIpc) is 2.73. The maximum Gasteiger partial charge on any atom is 0.359 e. The predicted octanol–water partition coefficient (Wildman–Crippen LogP) is 4.93. The van der Waals surface area contributed by atoms with Crippen LogP contribution in [0.2, 0.25) is 0 Å². The summed E-state index contributed by atoms with van der Waals surface area (Å²) in [5.74, 6) is -3.81. The van der Waals surface area contributed by atoms with Crippen LogP contribution in [-0.2, 0) is 14.4 Å². The van der Waals surface area contributed by atoms with E-state index in [2.05, 4.69) is 19.1 Å². The zero-order valence-corrected chi connectivity index (χ0v) is 21.5. The molecule has 0 heterocycles. The number of carbonyl (C=O) groups excluding carboxylic acids is 1. The van der Waals surface area contributed by atoms with Gasteiger partial charge in [-0.15, -0.1) is 0 Å². The van der Waals surface area contributed by atoms with Crippen LogP contribution < -0.4 is 5.11 Å². The van der Waals surface area contributed by atoms with Crippen molar-refractivity contribution in [3.8, 4) is 0 Å². The zero-order chi connectivity index (χ0) is 25.5. The lowest BCUT2D eigenvalue weighted by atomic mass is 10.0. The van der Waals surface area contributed by atoms with E-state index in [1.54, 1.807) is 0 Å². The summed E-state index contributed by atoms with van der Waals surface area (Å²) in [4.78, 5) is 33.4. The number of unbranched alkanes of at least 4 members (excludes halogenated alkanes) is 16. The van der Waals surface area contributed by atoms with Crippen molar-refractivity contribution in [3.05, 3.63) is 12.2 Å². The molecule has 0 spiro atoms. The minimum Gasteiger partial charge on any atom is -0.544 e. The third-order valence-electron chi connectivity index (χ3n) is 6.39. The lowest BCUT2D eigenvalue weighted by molar-refractivity contribution is -0.909. The standard InChI is InChI=1S/C27H49NO6/c1-2-3-4-5-6-7-8-9-10-11-12-13-14-15-16-17-18-19-20-21-28(22-25(29)30,23-26(31)32)24-27(33)34/h2-3H,4-24H2,1H3,(H2-,29,30,31,32,33,34)/b3-2+. The number of hydrogen-bond acceptors (Lipinski definition) is 4. The summed E-state index contributed by atoms with van der Waals surface area (Å²) in [6.07, 6.45) is 25.0. The first-order valence-electron chi connectivity index (χ1n) is 13.4. The van der Waals surface area contributed by atoms with Crippen molar-refractivity contribution in [1.82, 2.24) is 0 Å². The molecule has 0 atom stereocenters. The third kappa shape index (κ3) is 20.7. The molecule has 198 valence electrons. The average molecular weight is 484 g/mol. The lowest BCUT2D eigenvalue weighted by Gasteiger charge is -2.36. The fourth-order valence-electron chi connectivity index (χ4n) is 4.60. The van der Waals surface area contributed by atoms with Gasteiger partial charge in [0.15, 0.2) is 13.1 Å². The minimum absolute atomic E-state index is 0.225. The van der Waals surface area contributed by atoms with Crippen LogP contribution >= 0.6 is 0 Å². The van der Waals surface area contributed by atoms with Gasteiger partial charge >= 0.3 is 11.9 Å². The highest BCUT2D eigenvalue weighted by Crippen LogP contribution is 2.15. The number of rotatable bonds is 25. The van der Waals surface area contributed by atoms with Gasteiger partial charge < -0.3 is 24.6 Å². The van der Waals surface area contributed by atoms with Crippen LogP contribution in [0.15, 0.2) is 12.2 Å². The molecule has 0 aliphatic carbocycles. The number of aliphatic carboxylic acids is 3. The minimum atomic E-state index is -1.42. The number of carboxylic acids is 3. The molecule has 0 aliphatic rings. The zero-order valence-electron chi connectivity index (χ0n) is 21.5. The van der Waals surface area contributed by atoms with Crippen LogP contribution in [0.5, 0.6) is 0 Å². The van der Waals surface area contributed by atoms with Gasteiger partial charge in [-0.1, -0.05) is 95.6 Å². The smallest absolute Gasteiger partial charge is 0.359 e. The SMILES string of the molecule is C/C=C/CCCCCCCCCCCCCCCCCC[N+](CC(=O)[O-])(CC(=O)O)CC(=O)O. The quantitative estimate of drug-likeness (QED) is 0.108. The van der Waals surface area contributed by atoms with Gasteiger partial charge in [0.2, 0.25) is 0 Å². The summed E-state index contributed by atoms with van der Waals surface area (Å²) in [6, 6.07) is 0. The molecular weight excluding hydrogens is 434 g/mol. The van der Waals surface area contributed by atoms with Crippen molar-refractivity contribution < 1.29 is 34.2 Å². The van der Waals surface area contributed by atoms with E-state index in [0.717, 1.165) is 19.3 Å². The van der Waals surface area contributed by atoms with Gasteiger partial charge in [-0.2, -0.15) is 0 Å². The number of carboxylic acid groups (broad SMARTS) is 3. The molecule has 0 aromatic rings. The van der Waals surface area contributed by atoms with Gasteiger partial charge in [0.25, 0.3) is 0 Å². The summed E-state index contributed by atoms with van der Waals surface area (Å²) >= 11 is 0. The maximum atomic E-state index is 11.2. The molecule has 0 bridgehead atoms. The molecule has 0 rings (SSSR count). The molecule has 0 radical (unpaired) electrons. The van der Waals surface area contributed by atoms with E-state index < -0.39 is 42.0 Å². The molecule has 7 nitrogen and oxygen atoms in total. The molecule has 0 amide bonds. The van der Waals surface area contributed by atoms with E-state index in [0.29, 0.717) is 6.42 Å². The monoisotopic (exact) mass is 483 g/mol. The number of allylic oxidation sites excluding steroid dienone is 2. The van der Waals surface area contributed by atoms with Crippen LogP contribution in [0, 0.1) is 0 Å². The van der Waals surface area contributed by atoms with Crippen molar-refractivity contribution in [2.75, 3.05) is 26.2 Å². The Morgan fingerprint density at radius 2 is 0.971 bits per heavy atom. The highest BCUT2D eigenvalue weighted by Gasteiger charge is 2.33. The second kappa shape index (κ2) is 21.6. The van der Waals surface area contributed by atoms with Crippen LogP contribution in [-0.4, -0.2) is 58.8 Å². The molecular formula is C27H49NO6. The highest BCUT2D eigenvalue weighted by molar-refractivity contribution is 5.72. The van der Waals surface area contributed by atoms with Crippen molar-refractivity contribution in [2.24, 2.45) is 0 Å². The van der Waals surface area contributed by atoms with Crippen LogP contribution in [0.4, 0.5) is 0 Å². The molecule has 0 aromatic carbocycles. The first kappa shape index (κ1) is 32.1. The van der Waals surface area contributed by atoms with Gasteiger partial charge in [0.1, 0.15) is 6.54 Å². The van der Waals surface area contributed by atoms with Crippen LogP contribution in [0.25, 0.3) is 0 Å². The number of nitrogens with zero attached hydrogens (tertiary/aromatic N) is 1. The summed E-state index contributed by atoms with van der Waals surface area (Å²) in [5, 5.41) is 29.3. The second-order valence-corrected chi connectivity index (χ2v) is 9.71. The van der Waals surface area contributed by atoms with Crippen molar-refractivity contribution in [1.29, 1.82) is 0 Å². The van der Waals surface area contributed by atoms with E-state index >= 15 is 0 Å². The Bertz CT molecular complexity index is 535. The van der Waals surface area contributed by atoms with E-state index in [4.69, 9.17) is 10.2 Å². The van der Waals surface area contributed by atoms with E-state index in [1.807, 2.05) is 0 Å². The molecule has 0 aliphatic heterocycles. The van der Waals surface area contributed by atoms with Crippen molar-refractivity contribution in [3.63, 3.8) is 0 Å². The number of carbonyl (C=O) groups is 3. The van der Waals surface area contributed by atoms with Gasteiger partial charge in [0, 0.05) is 0 Å². The molecule has 0 saturated carbocycles. The van der Waals surface area contributed by atoms with Gasteiger partial charge in [-0.25, -0.2) is 9.59 Å². The van der Waals surface area contributed by atoms with Crippen LogP contribution in [0.3, 0.4) is 0 Å². The van der Waals surface area contributed by atoms with Crippen molar-refractivity contribution >= 4 is 17.9 Å². The summed E-state index contributed by atoms with van der Waals surface area (Å²) in [6.45, 7) is 0.683. The molecule has 34 heavy (non-hydrogen) atoms. The van der Waals surface area contributed by atoms with E-state index in [9.17, 15) is 19.5 Å². The lowest BCUT2D eigenvalue weighted by Crippen LogP contribution is -2.59. The Morgan fingerprint density at radius 1 is 0.618 bits per heavy atom. The summed E-state index contributed by atoms with van der Waals surface area (Å²) in [5.41, 5.74) is 0. The van der Waals surface area contributed by atoms with Gasteiger partial charge in [-0.05, 0) is 32.6 Å². The number of hydrogen-bond donors (Lipinski definition) is 2. The summed E-state index contributed by atoms with van der Waals surface area (Å²) in [7, 11) is 0. The van der Waals surface area contributed by atoms with Gasteiger partial charge in [0.05, 0.1) is 12.5 Å². The highest BCUT2D eigenvalue weighted by atomic mass is 16.4. The topological polar surface area (TPSA) is 115 Å². The fraction of sp³-hybridized carbons (Fsp3) is 0.815. The Labute approximate surface area is 206 Å². The Morgan fingerprint density at radius 3 is 1.29 bits per heavy atom. The van der Waals surface area contributed by atoms with Crippen LogP contribution in [0.1, 0.15) is 116 Å². The first-order valence-corrected chi connectivity index (χ1v) is 13.4. The first-order chi connectivity index (χ1) is 16.3. The molecule has 0 aromatic heterocycles. The van der Waals surface area contributed by atoms with E-state index in [-0.39, 0.29) is 6.54 Å².